The van der Waals surface area contributed by atoms with Crippen molar-refractivity contribution in [3.63, 3.8) is 0 Å². The van der Waals surface area contributed by atoms with Crippen LogP contribution in [0.2, 0.25) is 0 Å². The number of nitrogens with zero attached hydrogens (tertiary/aromatic N) is 1. The van der Waals surface area contributed by atoms with Crippen LogP contribution in [0.3, 0.4) is 0 Å². The Balaban J connectivity index is 2.08. The van der Waals surface area contributed by atoms with Gasteiger partial charge in [-0.2, -0.15) is 0 Å². The minimum Gasteiger partial charge on any atom is -0.466 e. The van der Waals surface area contributed by atoms with Crippen molar-refractivity contribution in [3.05, 3.63) is 58.5 Å². The van der Waals surface area contributed by atoms with Crippen LogP contribution in [0.5, 0.6) is 0 Å². The van der Waals surface area contributed by atoms with Crippen LogP contribution in [0.4, 0.5) is 0 Å². The number of hydrogen-bond acceptors (Lipinski definition) is 5. The van der Waals surface area contributed by atoms with Crippen LogP contribution in [-0.2, 0) is 27.9 Å². The summed E-state index contributed by atoms with van der Waals surface area (Å²) in [6.45, 7) is 8.65. The second kappa shape index (κ2) is 10.1. The van der Waals surface area contributed by atoms with Gasteiger partial charge in [0.2, 0.25) is 10.0 Å². The summed E-state index contributed by atoms with van der Waals surface area (Å²) in [6.07, 6.45) is 0. The first-order valence-electron chi connectivity index (χ1n) is 9.87. The van der Waals surface area contributed by atoms with E-state index in [9.17, 15) is 13.5 Å². The lowest BCUT2D eigenvalue weighted by atomic mass is 9.96. The number of aliphatic imine (C=N–C) groups is 1. The highest BCUT2D eigenvalue weighted by molar-refractivity contribution is 7.88. The van der Waals surface area contributed by atoms with E-state index in [0.29, 0.717) is 30.4 Å². The Bertz CT molecular complexity index is 981. The van der Waals surface area contributed by atoms with Crippen LogP contribution in [0.15, 0.2) is 39.7 Å². The van der Waals surface area contributed by atoms with E-state index in [0.717, 1.165) is 16.9 Å². The summed E-state index contributed by atoms with van der Waals surface area (Å²) < 4.78 is 31.4. The van der Waals surface area contributed by atoms with E-state index >= 15 is 0 Å². The lowest BCUT2D eigenvalue weighted by Crippen LogP contribution is -2.44. The number of furan rings is 1. The Morgan fingerprint density at radius 3 is 2.50 bits per heavy atom. The minimum absolute atomic E-state index is 0.0777. The molecule has 0 amide bonds. The molecule has 166 valence electrons. The fraction of sp³-hybridized carbons (Fsp3) is 0.476. The van der Waals surface area contributed by atoms with E-state index in [4.69, 9.17) is 4.42 Å². The lowest BCUT2D eigenvalue weighted by Gasteiger charge is -2.24. The first-order chi connectivity index (χ1) is 14.1. The molecule has 0 aliphatic rings. The highest BCUT2D eigenvalue weighted by atomic mass is 32.2. The molecule has 1 aromatic heterocycles. The fourth-order valence-corrected chi connectivity index (χ4v) is 3.90. The van der Waals surface area contributed by atoms with Crippen LogP contribution in [0, 0.1) is 13.8 Å². The van der Waals surface area contributed by atoms with Gasteiger partial charge in [-0.15, -0.1) is 0 Å². The molecule has 0 radical (unpaired) electrons. The van der Waals surface area contributed by atoms with Gasteiger partial charge in [0.05, 0.1) is 18.8 Å². The Hall–Kier alpha value is -2.36. The van der Waals surface area contributed by atoms with Crippen LogP contribution >= 0.6 is 0 Å². The van der Waals surface area contributed by atoms with Crippen molar-refractivity contribution in [2.75, 3.05) is 20.1 Å². The third kappa shape index (κ3) is 6.86. The second-order valence-corrected chi connectivity index (χ2v) is 9.36. The van der Waals surface area contributed by atoms with Gasteiger partial charge >= 0.3 is 0 Å². The average molecular weight is 437 g/mol. The number of nitrogens with one attached hydrogen (secondary N) is 3. The molecule has 0 aliphatic heterocycles. The Kier molecular flexibility index (Phi) is 8.05. The van der Waals surface area contributed by atoms with Crippen LogP contribution in [0.25, 0.3) is 0 Å². The van der Waals surface area contributed by atoms with E-state index < -0.39 is 15.6 Å². The molecule has 9 heteroatoms. The smallest absolute Gasteiger partial charge is 0.215 e. The highest BCUT2D eigenvalue weighted by Gasteiger charge is 2.27. The van der Waals surface area contributed by atoms with E-state index in [1.54, 1.807) is 13.0 Å². The predicted octanol–water partition coefficient (Wildman–Crippen LogP) is 1.91. The van der Waals surface area contributed by atoms with Gasteiger partial charge < -0.3 is 20.2 Å². The summed E-state index contributed by atoms with van der Waals surface area (Å²) in [4.78, 5) is 4.56. The molecule has 8 nitrogen and oxygen atoms in total. The maximum atomic E-state index is 11.8. The molecule has 2 rings (SSSR count). The van der Waals surface area contributed by atoms with Crippen molar-refractivity contribution >= 4 is 16.0 Å². The summed E-state index contributed by atoms with van der Waals surface area (Å²) in [6, 6.07) is 9.16. The minimum atomic E-state index is -3.33. The van der Waals surface area contributed by atoms with E-state index in [2.05, 4.69) is 20.3 Å². The van der Waals surface area contributed by atoms with Crippen molar-refractivity contribution in [3.8, 4) is 0 Å². The third-order valence-corrected chi connectivity index (χ3v) is 5.98. The van der Waals surface area contributed by atoms with Crippen molar-refractivity contribution < 1.29 is 17.9 Å². The quantitative estimate of drug-likeness (QED) is 0.353. The number of benzene rings is 1. The number of rotatable bonds is 9. The van der Waals surface area contributed by atoms with Gasteiger partial charge in [0.25, 0.3) is 0 Å². The molecular formula is C21H32N4O4S. The summed E-state index contributed by atoms with van der Waals surface area (Å²) in [7, 11) is -1.93. The first kappa shape index (κ1) is 23.9. The molecule has 1 heterocycles. The molecule has 1 atom stereocenters. The van der Waals surface area contributed by atoms with Gasteiger partial charge in [0, 0.05) is 12.1 Å². The summed E-state index contributed by atoms with van der Waals surface area (Å²) in [5.41, 5.74) is 1.20. The maximum Gasteiger partial charge on any atom is 0.215 e. The summed E-state index contributed by atoms with van der Waals surface area (Å²) in [5, 5.41) is 17.2. The van der Waals surface area contributed by atoms with E-state index in [1.807, 2.05) is 45.0 Å². The van der Waals surface area contributed by atoms with Crippen molar-refractivity contribution in [1.29, 1.82) is 0 Å². The largest absolute Gasteiger partial charge is 0.466 e. The maximum absolute atomic E-state index is 11.8. The summed E-state index contributed by atoms with van der Waals surface area (Å²) in [5.74, 6) is 1.92. The fourth-order valence-electron chi connectivity index (χ4n) is 3.14. The zero-order valence-electron chi connectivity index (χ0n) is 18.2. The number of sulfonamides is 1. The number of aliphatic hydroxyl groups is 1. The van der Waals surface area contributed by atoms with Gasteiger partial charge in [-0.25, -0.2) is 18.1 Å². The van der Waals surface area contributed by atoms with Gasteiger partial charge in [-0.05, 0) is 51.9 Å². The second-order valence-electron chi connectivity index (χ2n) is 7.43. The standard InChI is InChI=1S/C21H32N4O4S/c1-6-23-20(25-14-21(4,26)19-10-15(2)29-16(19)3)24-12-17-8-7-9-18(11-17)13-30(27,28)22-5/h7-11,22,26H,6,12-14H2,1-5H3,(H2,23,24,25). The zero-order valence-corrected chi connectivity index (χ0v) is 19.1. The Labute approximate surface area is 178 Å². The monoisotopic (exact) mass is 436 g/mol. The molecule has 0 fully saturated rings. The molecule has 0 saturated carbocycles. The normalized spacial score (nSPS) is 14.4. The molecule has 0 bridgehead atoms. The molecule has 4 N–H and O–H groups in total. The lowest BCUT2D eigenvalue weighted by molar-refractivity contribution is 0.0601. The van der Waals surface area contributed by atoms with Gasteiger partial charge in [0.1, 0.15) is 17.1 Å². The average Bonchev–Trinajstić information content (AvgIpc) is 3.03. The predicted molar refractivity (Wildman–Crippen MR) is 119 cm³/mol. The first-order valence-corrected chi connectivity index (χ1v) is 11.5. The molecular weight excluding hydrogens is 404 g/mol. The number of guanidine groups is 1. The summed E-state index contributed by atoms with van der Waals surface area (Å²) >= 11 is 0. The molecule has 0 saturated heterocycles. The Morgan fingerprint density at radius 2 is 1.90 bits per heavy atom. The molecule has 0 spiro atoms. The van der Waals surface area contributed by atoms with Crippen LogP contribution in [-0.4, -0.2) is 39.6 Å². The molecule has 2 aromatic rings. The highest BCUT2D eigenvalue weighted by Crippen LogP contribution is 2.26. The van der Waals surface area contributed by atoms with Gasteiger partial charge in [0.15, 0.2) is 5.96 Å². The van der Waals surface area contributed by atoms with E-state index in [-0.39, 0.29) is 12.3 Å². The van der Waals surface area contributed by atoms with Gasteiger partial charge in [-0.3, -0.25) is 0 Å². The van der Waals surface area contributed by atoms with E-state index in [1.165, 1.54) is 7.05 Å². The van der Waals surface area contributed by atoms with Gasteiger partial charge in [-0.1, -0.05) is 24.3 Å². The molecule has 1 unspecified atom stereocenters. The van der Waals surface area contributed by atoms with Crippen molar-refractivity contribution in [2.45, 2.75) is 45.6 Å². The van der Waals surface area contributed by atoms with Crippen LogP contribution < -0.4 is 15.4 Å². The van der Waals surface area contributed by atoms with Crippen molar-refractivity contribution in [1.82, 2.24) is 15.4 Å². The molecule has 0 aliphatic carbocycles. The molecule has 1 aromatic carbocycles. The SMILES string of the molecule is CCNC(=NCc1cccc(CS(=O)(=O)NC)c1)NCC(C)(O)c1cc(C)oc1C. The van der Waals surface area contributed by atoms with Crippen molar-refractivity contribution in [2.24, 2.45) is 4.99 Å². The Morgan fingerprint density at radius 1 is 1.20 bits per heavy atom. The number of hydrogen-bond donors (Lipinski definition) is 4. The van der Waals surface area contributed by atoms with Crippen LogP contribution in [0.1, 0.15) is 42.1 Å². The number of aryl methyl sites for hydroxylation is 2. The molecule has 30 heavy (non-hydrogen) atoms. The topological polar surface area (TPSA) is 116 Å². The zero-order chi connectivity index (χ0) is 22.4. The third-order valence-electron chi connectivity index (χ3n) is 4.64.